The Hall–Kier alpha value is -0.300. The monoisotopic (exact) mass is 996 g/mol. The van der Waals surface area contributed by atoms with Crippen LogP contribution in [0.25, 0.3) is 0 Å². The van der Waals surface area contributed by atoms with Gasteiger partial charge < -0.3 is 18.6 Å². The first-order valence-corrected chi connectivity index (χ1v) is 24.4. The molecule has 5 rings (SSSR count). The van der Waals surface area contributed by atoms with E-state index in [9.17, 15) is 38.9 Å². The van der Waals surface area contributed by atoms with Gasteiger partial charge in [-0.05, 0) is 79.5 Å². The van der Waals surface area contributed by atoms with Gasteiger partial charge in [-0.25, -0.2) is 29.8 Å². The molecule has 22 heteroatoms. The second kappa shape index (κ2) is 23.8. The van der Waals surface area contributed by atoms with E-state index in [1.165, 1.54) is 12.1 Å². The molecule has 0 spiro atoms. The summed E-state index contributed by atoms with van der Waals surface area (Å²) >= 11 is 3.87. The van der Waals surface area contributed by atoms with E-state index in [0.717, 1.165) is 57.6 Å². The topological polar surface area (TPSA) is 229 Å². The number of nitrogens with zero attached hydrogens (tertiary/aromatic N) is 2. The van der Waals surface area contributed by atoms with E-state index < -0.39 is 57.9 Å². The molecule has 0 radical (unpaired) electrons. The molecule has 0 bridgehead atoms. The van der Waals surface area contributed by atoms with Gasteiger partial charge in [-0.1, -0.05) is 61.3 Å². The molecule has 2 aromatic carbocycles. The zero-order valence-electron chi connectivity index (χ0n) is 34.9. The number of hydrogen-bond donors (Lipinski definition) is 0. The van der Waals surface area contributed by atoms with E-state index in [1.807, 2.05) is 49.1 Å². The number of halogens is 1. The van der Waals surface area contributed by atoms with E-state index >= 15 is 0 Å². The Morgan fingerprint density at radius 2 is 1.42 bits per heavy atom. The normalized spacial score (nSPS) is 18.3. The second-order valence-corrected chi connectivity index (χ2v) is 20.6. The summed E-state index contributed by atoms with van der Waals surface area (Å²) in [4.78, 5) is 1.68. The third kappa shape index (κ3) is 15.4. The van der Waals surface area contributed by atoms with Crippen molar-refractivity contribution in [2.45, 2.75) is 88.4 Å². The third-order valence-corrected chi connectivity index (χ3v) is 13.7. The Morgan fingerprint density at radius 3 is 2.00 bits per heavy atom. The fourth-order valence-electron chi connectivity index (χ4n) is 7.52. The van der Waals surface area contributed by atoms with Crippen LogP contribution >= 0.6 is 15.9 Å². The summed E-state index contributed by atoms with van der Waals surface area (Å²) in [6, 6.07) is 13.3. The van der Waals surface area contributed by atoms with Crippen molar-refractivity contribution in [3.05, 3.63) is 99.2 Å². The molecular formula is C38H44BrN2Na3O12S4. The Bertz CT molecular complexity index is 2510. The molecule has 60 heavy (non-hydrogen) atoms. The Labute approximate surface area is 430 Å². The molecule has 312 valence electrons. The van der Waals surface area contributed by atoms with E-state index in [4.69, 9.17) is 12.6 Å². The second-order valence-electron chi connectivity index (χ2n) is 14.9. The first-order chi connectivity index (χ1) is 26.3. The van der Waals surface area contributed by atoms with E-state index in [1.54, 1.807) is 6.07 Å². The van der Waals surface area contributed by atoms with Gasteiger partial charge in [-0.2, -0.15) is 18.2 Å². The molecule has 0 N–H and O–H groups in total. The predicted octanol–water partition coefficient (Wildman–Crippen LogP) is -3.58. The van der Waals surface area contributed by atoms with Gasteiger partial charge in [-0.15, -0.1) is 18.7 Å². The molecule has 14 nitrogen and oxygen atoms in total. The molecule has 0 saturated carbocycles. The van der Waals surface area contributed by atoms with Crippen LogP contribution in [0.5, 0.6) is 0 Å². The number of anilines is 1. The van der Waals surface area contributed by atoms with Gasteiger partial charge in [0.15, 0.2) is 5.71 Å². The van der Waals surface area contributed by atoms with Crippen molar-refractivity contribution in [3.8, 4) is 0 Å². The molecule has 0 saturated heterocycles. The molecule has 3 aliphatic rings. The van der Waals surface area contributed by atoms with E-state index in [2.05, 4.69) is 52.6 Å². The number of rotatable bonds is 14. The van der Waals surface area contributed by atoms with Crippen LogP contribution in [-0.4, -0.2) is 86.4 Å². The summed E-state index contributed by atoms with van der Waals surface area (Å²) < 4.78 is 132. The van der Waals surface area contributed by atoms with Crippen molar-refractivity contribution in [2.75, 3.05) is 29.5 Å². The van der Waals surface area contributed by atoms with Gasteiger partial charge >= 0.3 is 99.3 Å². The first-order valence-electron chi connectivity index (χ1n) is 18.0. The maximum absolute atomic E-state index is 11.9. The minimum atomic E-state index is -4.70. The molecule has 1 aliphatic carbocycles. The number of hydrogen-bond acceptors (Lipinski definition) is 13. The SMILES string of the molecule is CC1(C)C(/C=C/C2=C(Br)C(=C/C=C3/N(CCCCS(=O)(=O)[O-])c4ccc(S(=O)(=O)[O-])cc4C3(C)C)/CCC2)=[N+](CCCCS(=O)(=O)[O-])c2cc[c-]cc21.O=S(=O)=O.[Na+].[Na+].[Na+]. The summed E-state index contributed by atoms with van der Waals surface area (Å²) in [7, 11) is -16.5. The number of unbranched alkanes of at least 4 members (excludes halogenated alkanes) is 2. The number of fused-ring (bicyclic) bond motifs is 2. The van der Waals surface area contributed by atoms with Crippen molar-refractivity contribution >= 4 is 74.0 Å². The molecule has 2 aromatic rings. The fraction of sp³-hybridized carbons (Fsp3) is 0.447. The molecule has 2 heterocycles. The average molecular weight is 998 g/mol. The third-order valence-electron chi connectivity index (χ3n) is 10.3. The van der Waals surface area contributed by atoms with Gasteiger partial charge in [-0.3, -0.25) is 0 Å². The smallest absolute Gasteiger partial charge is 0.748 e. The van der Waals surface area contributed by atoms with E-state index in [0.29, 0.717) is 37.2 Å². The van der Waals surface area contributed by atoms with Crippen LogP contribution in [0.2, 0.25) is 0 Å². The number of benzene rings is 2. The quantitative estimate of drug-likeness (QED) is 0.0588. The maximum Gasteiger partial charge on any atom is 1.00 e. The Balaban J connectivity index is 0.00000246. The van der Waals surface area contributed by atoms with Crippen LogP contribution in [0.4, 0.5) is 11.4 Å². The Morgan fingerprint density at radius 1 is 0.817 bits per heavy atom. The summed E-state index contributed by atoms with van der Waals surface area (Å²) in [6.07, 6.45) is 12.2. The summed E-state index contributed by atoms with van der Waals surface area (Å²) in [5.41, 5.74) is 6.50. The van der Waals surface area contributed by atoms with Gasteiger partial charge in [0.25, 0.3) is 0 Å². The minimum Gasteiger partial charge on any atom is -0.748 e. The molecule has 0 atom stereocenters. The van der Waals surface area contributed by atoms with Crippen LogP contribution in [0.15, 0.2) is 86.9 Å². The maximum atomic E-state index is 11.9. The molecule has 0 fully saturated rings. The zero-order valence-corrected chi connectivity index (χ0v) is 45.7. The van der Waals surface area contributed by atoms with Crippen molar-refractivity contribution in [1.29, 1.82) is 0 Å². The summed E-state index contributed by atoms with van der Waals surface area (Å²) in [5, 5.41) is 0. The van der Waals surface area contributed by atoms with Gasteiger partial charge in [0.2, 0.25) is 0 Å². The predicted molar refractivity (Wildman–Crippen MR) is 215 cm³/mol. The van der Waals surface area contributed by atoms with Crippen LogP contribution < -0.4 is 93.6 Å². The molecule has 0 unspecified atom stereocenters. The van der Waals surface area contributed by atoms with Crippen molar-refractivity contribution in [1.82, 2.24) is 0 Å². The van der Waals surface area contributed by atoms with Crippen LogP contribution in [0.1, 0.15) is 83.8 Å². The standard InChI is InChI=1S/C38H47BrN2O9S3.3Na.O3S/c1-37(2)30-14-5-6-15-32(30)40(22-7-9-24-51(42,43)44)34(37)20-16-27-12-11-13-28(36(27)39)17-21-35-38(3,4)31-26-29(53(48,49)50)18-19-33(31)41(35)23-8-10-25-52(45,46)47;;;;1-4(2)3/h6,14-21,26H,7-13,22-25H2,1-4H3,(H,42,43,44)(H,45,46,47)(H,48,49,50);;;;/q;3*+1;/p-3. The first kappa shape index (κ1) is 57.7. The molecule has 2 aliphatic heterocycles. The van der Waals surface area contributed by atoms with Crippen LogP contribution in [0, 0.1) is 6.07 Å². The average Bonchev–Trinajstić information content (AvgIpc) is 3.44. The van der Waals surface area contributed by atoms with Crippen molar-refractivity contribution < 1.29 is 145 Å². The van der Waals surface area contributed by atoms with Gasteiger partial charge in [0.05, 0.1) is 25.1 Å². The molecule has 0 amide bonds. The summed E-state index contributed by atoms with van der Waals surface area (Å²) in [5.74, 6) is -0.877. The van der Waals surface area contributed by atoms with Crippen molar-refractivity contribution in [2.24, 2.45) is 0 Å². The Kier molecular flexibility index (Phi) is 22.9. The van der Waals surface area contributed by atoms with E-state index in [-0.39, 0.29) is 112 Å². The fourth-order valence-corrected chi connectivity index (χ4v) is 9.79. The molecule has 0 aromatic heterocycles. The molecular weight excluding hydrogens is 954 g/mol. The van der Waals surface area contributed by atoms with Gasteiger partial charge in [0.1, 0.15) is 22.4 Å². The largest absolute Gasteiger partial charge is 1.00 e. The number of allylic oxidation sites excluding steroid dienone is 8. The van der Waals surface area contributed by atoms with Crippen molar-refractivity contribution in [3.63, 3.8) is 0 Å². The van der Waals surface area contributed by atoms with Gasteiger partial charge in [0, 0.05) is 57.2 Å². The van der Waals surface area contributed by atoms with Crippen LogP contribution in [0.3, 0.4) is 0 Å². The van der Waals surface area contributed by atoms with Crippen LogP contribution in [-0.2, 0) is 51.8 Å². The minimum absolute atomic E-state index is 0. The zero-order chi connectivity index (χ0) is 42.6. The summed E-state index contributed by atoms with van der Waals surface area (Å²) in [6.45, 7) is 9.12.